The second-order valence-electron chi connectivity index (χ2n) is 3.10. The first-order valence-corrected chi connectivity index (χ1v) is 4.42. The Labute approximate surface area is 75.7 Å². The van der Waals surface area contributed by atoms with Crippen LogP contribution in [0.5, 0.6) is 0 Å². The van der Waals surface area contributed by atoms with E-state index in [9.17, 15) is 0 Å². The average molecular weight is 184 g/mol. The third kappa shape index (κ3) is 2.05. The van der Waals surface area contributed by atoms with Crippen molar-refractivity contribution in [1.29, 1.82) is 0 Å². The van der Waals surface area contributed by atoms with Crippen LogP contribution in [0.2, 0.25) is 0 Å². The molecule has 0 amide bonds. The first-order chi connectivity index (χ1) is 6.38. The Hall–Kier alpha value is -0.940. The van der Waals surface area contributed by atoms with Gasteiger partial charge in [-0.25, -0.2) is 0 Å². The fourth-order valence-corrected chi connectivity index (χ4v) is 1.44. The Morgan fingerprint density at radius 1 is 1.54 bits per heavy atom. The van der Waals surface area contributed by atoms with Gasteiger partial charge in [0.15, 0.2) is 5.82 Å². The average Bonchev–Trinajstić information content (AvgIpc) is 2.76. The number of hydrogen-bond acceptors (Lipinski definition) is 5. The van der Waals surface area contributed by atoms with Crippen molar-refractivity contribution in [3.8, 4) is 0 Å². The molecule has 0 radical (unpaired) electrons. The number of nitrogens with zero attached hydrogens (tertiary/aromatic N) is 2. The fourth-order valence-electron chi connectivity index (χ4n) is 1.44. The lowest BCUT2D eigenvalue weighted by atomic mass is 10.2. The predicted molar refractivity (Wildman–Crippen MR) is 42.9 cm³/mol. The summed E-state index contributed by atoms with van der Waals surface area (Å²) in [6, 6.07) is 0. The molecule has 13 heavy (non-hydrogen) atoms. The molecular weight excluding hydrogens is 172 g/mol. The van der Waals surface area contributed by atoms with Gasteiger partial charge in [0.1, 0.15) is 6.61 Å². The van der Waals surface area contributed by atoms with Gasteiger partial charge in [0.05, 0.1) is 12.5 Å². The molecule has 1 aromatic heterocycles. The highest BCUT2D eigenvalue weighted by Crippen LogP contribution is 2.15. The van der Waals surface area contributed by atoms with E-state index in [1.165, 1.54) is 0 Å². The van der Waals surface area contributed by atoms with E-state index in [1.54, 1.807) is 0 Å². The minimum absolute atomic E-state index is 0.172. The summed E-state index contributed by atoms with van der Waals surface area (Å²) in [7, 11) is 0. The van der Waals surface area contributed by atoms with Crippen LogP contribution in [0.3, 0.4) is 0 Å². The summed E-state index contributed by atoms with van der Waals surface area (Å²) >= 11 is 0. The van der Waals surface area contributed by atoms with Crippen LogP contribution in [0.25, 0.3) is 0 Å². The summed E-state index contributed by atoms with van der Waals surface area (Å²) in [5.41, 5.74) is 0. The highest BCUT2D eigenvalue weighted by Gasteiger charge is 2.19. The molecule has 1 aliphatic heterocycles. The van der Waals surface area contributed by atoms with Crippen molar-refractivity contribution in [2.45, 2.75) is 32.0 Å². The molecule has 1 unspecified atom stereocenters. The van der Waals surface area contributed by atoms with Crippen LogP contribution in [-0.4, -0.2) is 28.0 Å². The Morgan fingerprint density at radius 2 is 2.46 bits per heavy atom. The third-order valence-electron chi connectivity index (χ3n) is 2.08. The van der Waals surface area contributed by atoms with Crippen molar-refractivity contribution in [3.63, 3.8) is 0 Å². The van der Waals surface area contributed by atoms with E-state index in [0.29, 0.717) is 18.1 Å². The molecule has 0 bridgehead atoms. The van der Waals surface area contributed by atoms with Crippen LogP contribution < -0.4 is 0 Å². The van der Waals surface area contributed by atoms with Crippen molar-refractivity contribution in [1.82, 2.24) is 10.1 Å². The van der Waals surface area contributed by atoms with E-state index in [0.717, 1.165) is 19.4 Å². The van der Waals surface area contributed by atoms with Crippen molar-refractivity contribution in [3.05, 3.63) is 11.7 Å². The van der Waals surface area contributed by atoms with Gasteiger partial charge < -0.3 is 14.4 Å². The molecule has 0 spiro atoms. The van der Waals surface area contributed by atoms with Crippen LogP contribution in [0.15, 0.2) is 4.52 Å². The molecule has 1 saturated heterocycles. The van der Waals surface area contributed by atoms with Gasteiger partial charge in [0.2, 0.25) is 5.89 Å². The lowest BCUT2D eigenvalue weighted by Gasteiger charge is -2.03. The molecule has 1 aromatic rings. The second-order valence-corrected chi connectivity index (χ2v) is 3.10. The third-order valence-corrected chi connectivity index (χ3v) is 2.08. The Kier molecular flexibility index (Phi) is 2.56. The molecule has 72 valence electrons. The fraction of sp³-hybridized carbons (Fsp3) is 0.750. The topological polar surface area (TPSA) is 68.4 Å². The smallest absolute Gasteiger partial charge is 0.229 e. The Bertz CT molecular complexity index is 268. The Balaban J connectivity index is 1.92. The molecule has 1 aliphatic rings. The summed E-state index contributed by atoms with van der Waals surface area (Å²) in [5.74, 6) is 0.893. The van der Waals surface area contributed by atoms with Crippen molar-refractivity contribution in [2.75, 3.05) is 6.61 Å². The quantitative estimate of drug-likeness (QED) is 0.730. The zero-order valence-electron chi connectivity index (χ0n) is 7.27. The maximum Gasteiger partial charge on any atom is 0.229 e. The highest BCUT2D eigenvalue weighted by atomic mass is 16.5. The Morgan fingerprint density at radius 3 is 3.08 bits per heavy atom. The van der Waals surface area contributed by atoms with E-state index in [1.807, 2.05) is 0 Å². The SMILES string of the molecule is OCc1noc(CC2CCCO2)n1. The van der Waals surface area contributed by atoms with E-state index in [-0.39, 0.29) is 12.7 Å². The van der Waals surface area contributed by atoms with Gasteiger partial charge in [-0.05, 0) is 12.8 Å². The molecule has 5 nitrogen and oxygen atoms in total. The molecule has 1 fully saturated rings. The van der Waals surface area contributed by atoms with Crippen molar-refractivity contribution < 1.29 is 14.4 Å². The van der Waals surface area contributed by atoms with Crippen LogP contribution in [0.1, 0.15) is 24.6 Å². The van der Waals surface area contributed by atoms with Crippen LogP contribution in [0, 0.1) is 0 Å². The standard InChI is InChI=1S/C8H12N2O3/c11-5-7-9-8(13-10-7)4-6-2-1-3-12-6/h6,11H,1-5H2. The largest absolute Gasteiger partial charge is 0.388 e. The van der Waals surface area contributed by atoms with Gasteiger partial charge in [0, 0.05) is 6.61 Å². The zero-order valence-corrected chi connectivity index (χ0v) is 7.27. The maximum atomic E-state index is 8.70. The lowest BCUT2D eigenvalue weighted by Crippen LogP contribution is -2.08. The first kappa shape index (κ1) is 8.65. The van der Waals surface area contributed by atoms with Gasteiger partial charge in [-0.15, -0.1) is 0 Å². The number of aliphatic hydroxyl groups excluding tert-OH is 1. The lowest BCUT2D eigenvalue weighted by molar-refractivity contribution is 0.104. The molecule has 0 saturated carbocycles. The minimum atomic E-state index is -0.172. The van der Waals surface area contributed by atoms with Crippen LogP contribution in [-0.2, 0) is 17.8 Å². The minimum Gasteiger partial charge on any atom is -0.388 e. The van der Waals surface area contributed by atoms with E-state index in [4.69, 9.17) is 14.4 Å². The summed E-state index contributed by atoms with van der Waals surface area (Å²) in [6.07, 6.45) is 3.03. The van der Waals surface area contributed by atoms with Crippen LogP contribution in [0.4, 0.5) is 0 Å². The zero-order chi connectivity index (χ0) is 9.10. The van der Waals surface area contributed by atoms with Gasteiger partial charge in [-0.1, -0.05) is 5.16 Å². The van der Waals surface area contributed by atoms with Crippen LogP contribution >= 0.6 is 0 Å². The van der Waals surface area contributed by atoms with Gasteiger partial charge >= 0.3 is 0 Å². The normalized spacial score (nSPS) is 22.4. The molecule has 5 heteroatoms. The molecule has 2 rings (SSSR count). The van der Waals surface area contributed by atoms with Crippen molar-refractivity contribution >= 4 is 0 Å². The molecule has 1 atom stereocenters. The number of aromatic nitrogens is 2. The number of ether oxygens (including phenoxy) is 1. The predicted octanol–water partition coefficient (Wildman–Crippen LogP) is 0.283. The maximum absolute atomic E-state index is 8.70. The van der Waals surface area contributed by atoms with Gasteiger partial charge in [-0.2, -0.15) is 4.98 Å². The summed E-state index contributed by atoms with van der Waals surface area (Å²) in [4.78, 5) is 3.98. The number of hydrogen-bond donors (Lipinski definition) is 1. The molecule has 2 heterocycles. The summed E-state index contributed by atoms with van der Waals surface area (Å²) in [6.45, 7) is 0.653. The molecule has 0 aliphatic carbocycles. The summed E-state index contributed by atoms with van der Waals surface area (Å²) < 4.78 is 10.3. The second kappa shape index (κ2) is 3.85. The number of aliphatic hydroxyl groups is 1. The highest BCUT2D eigenvalue weighted by molar-refractivity contribution is 4.87. The van der Waals surface area contributed by atoms with E-state index < -0.39 is 0 Å². The monoisotopic (exact) mass is 184 g/mol. The summed E-state index contributed by atoms with van der Waals surface area (Å²) in [5, 5.41) is 12.3. The van der Waals surface area contributed by atoms with Crippen molar-refractivity contribution in [2.24, 2.45) is 0 Å². The van der Waals surface area contributed by atoms with Gasteiger partial charge in [-0.3, -0.25) is 0 Å². The molecule has 1 N–H and O–H groups in total. The van der Waals surface area contributed by atoms with E-state index in [2.05, 4.69) is 10.1 Å². The molecule has 0 aromatic carbocycles. The van der Waals surface area contributed by atoms with E-state index >= 15 is 0 Å². The first-order valence-electron chi connectivity index (χ1n) is 4.42. The van der Waals surface area contributed by atoms with Gasteiger partial charge in [0.25, 0.3) is 0 Å². The number of rotatable bonds is 3. The molecular formula is C8H12N2O3.